The Hall–Kier alpha value is -2.97. The van der Waals surface area contributed by atoms with Crippen LogP contribution < -0.4 is 15.5 Å². The van der Waals surface area contributed by atoms with Crippen LogP contribution in [0.25, 0.3) is 0 Å². The van der Waals surface area contributed by atoms with E-state index in [2.05, 4.69) is 10.6 Å². The van der Waals surface area contributed by atoms with E-state index < -0.39 is 23.2 Å². The molecular weight excluding hydrogens is 425 g/mol. The van der Waals surface area contributed by atoms with Gasteiger partial charge >= 0.3 is 0 Å². The molecular formula is C22H21ClFN3O4. The first-order valence-corrected chi connectivity index (χ1v) is 10.3. The fraction of sp³-hybridized carbons (Fsp3) is 0.318. The Balaban J connectivity index is 1.41. The molecule has 2 aromatic carbocycles. The standard InChI is InChI=1S/C22H21ClFN3O4/c23-15-9-13(10-16(24)12-15)5-7-25-20(29)22(31)6-8-27(21(22)30)17-2-3-18-14(11-17)1-4-19(28)26-18/h2-3,9-12,31H,1,4-8H2,(H,25,29)(H,26,28)/t22-/m1/s1. The summed E-state index contributed by atoms with van der Waals surface area (Å²) >= 11 is 5.82. The second kappa shape index (κ2) is 8.28. The SMILES string of the molecule is O=C1CCc2cc(N3CC[C@@](O)(C(=O)NCCc4cc(F)cc(Cl)c4)C3=O)ccc2N1. The van der Waals surface area contributed by atoms with Crippen molar-refractivity contribution in [2.75, 3.05) is 23.3 Å². The summed E-state index contributed by atoms with van der Waals surface area (Å²) in [7, 11) is 0. The van der Waals surface area contributed by atoms with E-state index in [4.69, 9.17) is 11.6 Å². The second-order valence-corrected chi connectivity index (χ2v) is 8.18. The fourth-order valence-electron chi connectivity index (χ4n) is 3.92. The normalized spacial score (nSPS) is 20.4. The van der Waals surface area contributed by atoms with Crippen LogP contribution in [0.1, 0.15) is 24.0 Å². The maximum absolute atomic E-state index is 13.4. The van der Waals surface area contributed by atoms with Crippen LogP contribution in [0.5, 0.6) is 0 Å². The third-order valence-corrected chi connectivity index (χ3v) is 5.81. The first-order valence-electron chi connectivity index (χ1n) is 9.97. The number of aliphatic hydroxyl groups is 1. The van der Waals surface area contributed by atoms with Gasteiger partial charge in [-0.1, -0.05) is 11.6 Å². The van der Waals surface area contributed by atoms with Crippen molar-refractivity contribution < 1.29 is 23.9 Å². The summed E-state index contributed by atoms with van der Waals surface area (Å²) in [4.78, 5) is 38.4. The maximum atomic E-state index is 13.4. The number of aryl methyl sites for hydroxylation is 1. The number of hydrogen-bond acceptors (Lipinski definition) is 4. The molecule has 7 nitrogen and oxygen atoms in total. The first-order chi connectivity index (χ1) is 14.8. The third-order valence-electron chi connectivity index (χ3n) is 5.59. The number of anilines is 2. The van der Waals surface area contributed by atoms with Crippen molar-refractivity contribution in [3.8, 4) is 0 Å². The van der Waals surface area contributed by atoms with Gasteiger partial charge in [0.1, 0.15) is 5.82 Å². The minimum absolute atomic E-state index is 0.0444. The minimum atomic E-state index is -2.16. The highest BCUT2D eigenvalue weighted by Gasteiger charge is 2.51. The van der Waals surface area contributed by atoms with Gasteiger partial charge in [0.05, 0.1) is 0 Å². The van der Waals surface area contributed by atoms with Gasteiger partial charge < -0.3 is 20.6 Å². The highest BCUT2D eigenvalue weighted by Crippen LogP contribution is 2.32. The molecule has 31 heavy (non-hydrogen) atoms. The third kappa shape index (κ3) is 4.26. The molecule has 4 rings (SSSR count). The molecule has 3 amide bonds. The zero-order valence-electron chi connectivity index (χ0n) is 16.6. The van der Waals surface area contributed by atoms with E-state index in [-0.39, 0.29) is 30.4 Å². The number of halogens is 2. The van der Waals surface area contributed by atoms with Gasteiger partial charge in [-0.3, -0.25) is 14.4 Å². The molecule has 0 aromatic heterocycles. The molecule has 1 atom stereocenters. The number of amides is 3. The summed E-state index contributed by atoms with van der Waals surface area (Å²) in [5, 5.41) is 16.4. The number of rotatable bonds is 5. The Morgan fingerprint density at radius 3 is 2.81 bits per heavy atom. The molecule has 162 valence electrons. The van der Waals surface area contributed by atoms with E-state index in [1.165, 1.54) is 17.0 Å². The minimum Gasteiger partial charge on any atom is -0.372 e. The highest BCUT2D eigenvalue weighted by atomic mass is 35.5. The van der Waals surface area contributed by atoms with Crippen LogP contribution in [-0.2, 0) is 27.2 Å². The van der Waals surface area contributed by atoms with Crippen LogP contribution in [0, 0.1) is 5.82 Å². The van der Waals surface area contributed by atoms with Crippen LogP contribution >= 0.6 is 11.6 Å². The van der Waals surface area contributed by atoms with Crippen LogP contribution in [0.3, 0.4) is 0 Å². The number of carbonyl (C=O) groups is 3. The van der Waals surface area contributed by atoms with Gasteiger partial charge in [0.15, 0.2) is 0 Å². The molecule has 3 N–H and O–H groups in total. The van der Waals surface area contributed by atoms with Crippen molar-refractivity contribution >= 4 is 40.7 Å². The Morgan fingerprint density at radius 1 is 1.23 bits per heavy atom. The zero-order chi connectivity index (χ0) is 22.2. The molecule has 1 saturated heterocycles. The predicted molar refractivity (Wildman–Crippen MR) is 113 cm³/mol. The number of hydrogen-bond donors (Lipinski definition) is 3. The fourth-order valence-corrected chi connectivity index (χ4v) is 4.17. The molecule has 0 bridgehead atoms. The molecule has 2 aromatic rings. The lowest BCUT2D eigenvalue weighted by atomic mass is 10.0. The van der Waals surface area contributed by atoms with E-state index in [0.717, 1.165) is 5.56 Å². The molecule has 0 spiro atoms. The second-order valence-electron chi connectivity index (χ2n) is 7.74. The van der Waals surface area contributed by atoms with E-state index in [1.54, 1.807) is 24.3 Å². The number of nitrogens with zero attached hydrogens (tertiary/aromatic N) is 1. The van der Waals surface area contributed by atoms with E-state index in [9.17, 15) is 23.9 Å². The number of carbonyl (C=O) groups excluding carboxylic acids is 3. The van der Waals surface area contributed by atoms with Gasteiger partial charge in [-0.25, -0.2) is 4.39 Å². The van der Waals surface area contributed by atoms with Crippen LogP contribution in [-0.4, -0.2) is 41.5 Å². The molecule has 2 aliphatic rings. The van der Waals surface area contributed by atoms with Crippen molar-refractivity contribution in [3.05, 3.63) is 58.4 Å². The first kappa shape index (κ1) is 21.3. The zero-order valence-corrected chi connectivity index (χ0v) is 17.3. The summed E-state index contributed by atoms with van der Waals surface area (Å²) < 4.78 is 13.4. The Kier molecular flexibility index (Phi) is 5.68. The highest BCUT2D eigenvalue weighted by molar-refractivity contribution is 6.30. The summed E-state index contributed by atoms with van der Waals surface area (Å²) in [6.45, 7) is 0.306. The molecule has 0 aliphatic carbocycles. The van der Waals surface area contributed by atoms with Gasteiger partial charge in [-0.2, -0.15) is 0 Å². The topological polar surface area (TPSA) is 98.7 Å². The smallest absolute Gasteiger partial charge is 0.268 e. The van der Waals surface area contributed by atoms with Crippen molar-refractivity contribution in [1.82, 2.24) is 5.32 Å². The van der Waals surface area contributed by atoms with Crippen LogP contribution in [0.4, 0.5) is 15.8 Å². The van der Waals surface area contributed by atoms with Crippen LogP contribution in [0.15, 0.2) is 36.4 Å². The molecule has 0 saturated carbocycles. The summed E-state index contributed by atoms with van der Waals surface area (Å²) in [6.07, 6.45) is 1.18. The molecule has 0 radical (unpaired) electrons. The van der Waals surface area contributed by atoms with Crippen molar-refractivity contribution in [2.45, 2.75) is 31.3 Å². The predicted octanol–water partition coefficient (Wildman–Crippen LogP) is 2.19. The van der Waals surface area contributed by atoms with E-state index in [0.29, 0.717) is 36.2 Å². The molecule has 1 fully saturated rings. The number of nitrogens with one attached hydrogen (secondary N) is 2. The molecule has 9 heteroatoms. The lowest BCUT2D eigenvalue weighted by Crippen LogP contribution is -2.52. The largest absolute Gasteiger partial charge is 0.372 e. The van der Waals surface area contributed by atoms with E-state index >= 15 is 0 Å². The number of benzene rings is 2. The number of fused-ring (bicyclic) bond motifs is 1. The summed E-state index contributed by atoms with van der Waals surface area (Å²) in [6, 6.07) is 9.28. The monoisotopic (exact) mass is 445 g/mol. The summed E-state index contributed by atoms with van der Waals surface area (Å²) in [5.41, 5.74) is 0.607. The summed E-state index contributed by atoms with van der Waals surface area (Å²) in [5.74, 6) is -2.01. The van der Waals surface area contributed by atoms with E-state index in [1.807, 2.05) is 0 Å². The van der Waals surface area contributed by atoms with Crippen molar-refractivity contribution in [1.29, 1.82) is 0 Å². The molecule has 2 aliphatic heterocycles. The van der Waals surface area contributed by atoms with Crippen LogP contribution in [0.2, 0.25) is 5.02 Å². The van der Waals surface area contributed by atoms with Gasteiger partial charge in [-0.05, 0) is 60.4 Å². The Bertz CT molecular complexity index is 1060. The molecule has 0 unspecified atom stereocenters. The average molecular weight is 446 g/mol. The molecule has 2 heterocycles. The Labute approximate surface area is 183 Å². The van der Waals surface area contributed by atoms with Crippen molar-refractivity contribution in [2.24, 2.45) is 0 Å². The lowest BCUT2D eigenvalue weighted by Gasteiger charge is -2.23. The van der Waals surface area contributed by atoms with Gasteiger partial charge in [0.2, 0.25) is 11.5 Å². The lowest BCUT2D eigenvalue weighted by molar-refractivity contribution is -0.149. The average Bonchev–Trinajstić information content (AvgIpc) is 3.03. The quantitative estimate of drug-likeness (QED) is 0.614. The van der Waals surface area contributed by atoms with Gasteiger partial charge in [0.25, 0.3) is 11.8 Å². The van der Waals surface area contributed by atoms with Crippen molar-refractivity contribution in [3.63, 3.8) is 0 Å². The Morgan fingerprint density at radius 2 is 2.03 bits per heavy atom. The maximum Gasteiger partial charge on any atom is 0.268 e. The van der Waals surface area contributed by atoms with Gasteiger partial charge in [0, 0.05) is 42.3 Å². The van der Waals surface area contributed by atoms with Gasteiger partial charge in [-0.15, -0.1) is 0 Å².